The second kappa shape index (κ2) is 8.20. The molecule has 2 N–H and O–H groups in total. The fourth-order valence-corrected chi connectivity index (χ4v) is 3.24. The summed E-state index contributed by atoms with van der Waals surface area (Å²) >= 11 is 0. The first-order valence-electron chi connectivity index (χ1n) is 7.92. The Bertz CT molecular complexity index is 238. The Morgan fingerprint density at radius 3 is 2.37 bits per heavy atom. The molecule has 1 aliphatic heterocycles. The second-order valence-electron chi connectivity index (χ2n) is 6.13. The molecule has 0 bridgehead atoms. The molecule has 0 amide bonds. The number of hydrogen-bond acceptors (Lipinski definition) is 4. The quantitative estimate of drug-likeness (QED) is 0.767. The maximum absolute atomic E-state index is 10.1. The first-order chi connectivity index (χ1) is 9.25. The zero-order valence-corrected chi connectivity index (χ0v) is 12.0. The average Bonchev–Trinajstić information content (AvgIpc) is 2.47. The molecule has 2 unspecified atom stereocenters. The first kappa shape index (κ1) is 15.2. The van der Waals surface area contributed by atoms with E-state index in [-0.39, 0.29) is 0 Å². The Morgan fingerprint density at radius 2 is 1.68 bits per heavy atom. The number of hydrogen-bond donors (Lipinski definition) is 2. The molecule has 2 atom stereocenters. The van der Waals surface area contributed by atoms with Crippen LogP contribution in [0.25, 0.3) is 0 Å². The van der Waals surface area contributed by atoms with E-state index in [1.807, 2.05) is 0 Å². The van der Waals surface area contributed by atoms with Gasteiger partial charge in [0.05, 0.1) is 25.4 Å². The van der Waals surface area contributed by atoms with Gasteiger partial charge < -0.3 is 14.9 Å². The lowest BCUT2D eigenvalue weighted by Crippen LogP contribution is -2.44. The highest BCUT2D eigenvalue weighted by Gasteiger charge is 2.22. The van der Waals surface area contributed by atoms with Crippen LogP contribution in [-0.4, -0.2) is 60.2 Å². The number of morpholine rings is 1. The van der Waals surface area contributed by atoms with Crippen LogP contribution in [-0.2, 0) is 4.74 Å². The molecular weight excluding hydrogens is 242 g/mol. The SMILES string of the molecule is OC(CCC1CCCCC1)C(O)CN1CCOCC1. The van der Waals surface area contributed by atoms with Crippen molar-refractivity contribution in [2.24, 2.45) is 5.92 Å². The summed E-state index contributed by atoms with van der Waals surface area (Å²) in [5.41, 5.74) is 0. The van der Waals surface area contributed by atoms with Crippen molar-refractivity contribution in [2.75, 3.05) is 32.8 Å². The molecule has 1 saturated carbocycles. The predicted octanol–water partition coefficient (Wildman–Crippen LogP) is 1.40. The number of ether oxygens (including phenoxy) is 1. The highest BCUT2D eigenvalue weighted by molar-refractivity contribution is 4.75. The summed E-state index contributed by atoms with van der Waals surface area (Å²) in [7, 11) is 0. The maximum atomic E-state index is 10.1. The van der Waals surface area contributed by atoms with Crippen molar-refractivity contribution in [3.8, 4) is 0 Å². The van der Waals surface area contributed by atoms with Crippen molar-refractivity contribution < 1.29 is 14.9 Å². The molecule has 0 radical (unpaired) electrons. The summed E-state index contributed by atoms with van der Waals surface area (Å²) in [4.78, 5) is 2.18. The van der Waals surface area contributed by atoms with Crippen LogP contribution in [0.5, 0.6) is 0 Å². The molecule has 1 saturated heterocycles. The zero-order chi connectivity index (χ0) is 13.5. The Morgan fingerprint density at radius 1 is 1.00 bits per heavy atom. The van der Waals surface area contributed by atoms with Gasteiger partial charge in [-0.1, -0.05) is 32.1 Å². The van der Waals surface area contributed by atoms with Crippen LogP contribution in [0.4, 0.5) is 0 Å². The van der Waals surface area contributed by atoms with Crippen molar-refractivity contribution >= 4 is 0 Å². The fraction of sp³-hybridized carbons (Fsp3) is 1.00. The number of rotatable bonds is 6. The number of β-amino-alcohol motifs (C(OH)–C–C–N with tert-alkyl or cyclic N) is 1. The van der Waals surface area contributed by atoms with E-state index in [2.05, 4.69) is 4.90 Å². The van der Waals surface area contributed by atoms with Gasteiger partial charge in [0.2, 0.25) is 0 Å². The van der Waals surface area contributed by atoms with Crippen LogP contribution in [0, 0.1) is 5.92 Å². The van der Waals surface area contributed by atoms with Crippen LogP contribution >= 0.6 is 0 Å². The number of aliphatic hydroxyl groups is 2. The molecule has 2 aliphatic rings. The van der Waals surface area contributed by atoms with Crippen LogP contribution in [0.2, 0.25) is 0 Å². The molecule has 4 nitrogen and oxygen atoms in total. The molecule has 112 valence electrons. The first-order valence-corrected chi connectivity index (χ1v) is 7.92. The summed E-state index contributed by atoms with van der Waals surface area (Å²) in [6.45, 7) is 3.80. The van der Waals surface area contributed by atoms with Gasteiger partial charge in [0.25, 0.3) is 0 Å². The Hall–Kier alpha value is -0.160. The van der Waals surface area contributed by atoms with E-state index < -0.39 is 12.2 Å². The third-order valence-corrected chi connectivity index (χ3v) is 4.59. The van der Waals surface area contributed by atoms with Gasteiger partial charge in [0.15, 0.2) is 0 Å². The van der Waals surface area contributed by atoms with Crippen molar-refractivity contribution in [2.45, 2.75) is 57.2 Å². The smallest absolute Gasteiger partial charge is 0.0925 e. The molecule has 0 spiro atoms. The van der Waals surface area contributed by atoms with Gasteiger partial charge in [0, 0.05) is 19.6 Å². The van der Waals surface area contributed by atoms with Gasteiger partial charge in [-0.3, -0.25) is 4.90 Å². The van der Waals surface area contributed by atoms with Gasteiger partial charge in [-0.25, -0.2) is 0 Å². The minimum absolute atomic E-state index is 0.565. The van der Waals surface area contributed by atoms with E-state index in [1.54, 1.807) is 0 Å². The molecule has 1 aliphatic carbocycles. The summed E-state index contributed by atoms with van der Waals surface area (Å²) < 4.78 is 5.28. The van der Waals surface area contributed by atoms with Gasteiger partial charge in [0.1, 0.15) is 0 Å². The molecule has 4 heteroatoms. The van der Waals surface area contributed by atoms with Crippen molar-refractivity contribution in [1.29, 1.82) is 0 Å². The highest BCUT2D eigenvalue weighted by Crippen LogP contribution is 2.28. The van der Waals surface area contributed by atoms with Gasteiger partial charge in [-0.2, -0.15) is 0 Å². The van der Waals surface area contributed by atoms with Crippen molar-refractivity contribution in [1.82, 2.24) is 4.90 Å². The lowest BCUT2D eigenvalue weighted by atomic mass is 9.85. The van der Waals surface area contributed by atoms with Crippen molar-refractivity contribution in [3.63, 3.8) is 0 Å². The molecule has 0 aromatic rings. The van der Waals surface area contributed by atoms with E-state index >= 15 is 0 Å². The Balaban J connectivity index is 1.62. The van der Waals surface area contributed by atoms with Crippen LogP contribution in [0.1, 0.15) is 44.9 Å². The van der Waals surface area contributed by atoms with E-state index in [4.69, 9.17) is 4.74 Å². The lowest BCUT2D eigenvalue weighted by molar-refractivity contribution is -0.0326. The standard InChI is InChI=1S/C15H29NO3/c17-14(7-6-13-4-2-1-3-5-13)15(18)12-16-8-10-19-11-9-16/h13-15,17-18H,1-12H2. The summed E-state index contributed by atoms with van der Waals surface area (Å²) in [6, 6.07) is 0. The minimum Gasteiger partial charge on any atom is -0.390 e. The summed E-state index contributed by atoms with van der Waals surface area (Å²) in [5, 5.41) is 20.1. The molecular formula is C15H29NO3. The molecule has 2 rings (SSSR count). The Labute approximate surface area is 116 Å². The topological polar surface area (TPSA) is 52.9 Å². The molecule has 2 fully saturated rings. The third-order valence-electron chi connectivity index (χ3n) is 4.59. The monoisotopic (exact) mass is 271 g/mol. The second-order valence-corrected chi connectivity index (χ2v) is 6.13. The van der Waals surface area contributed by atoms with Crippen LogP contribution < -0.4 is 0 Å². The highest BCUT2D eigenvalue weighted by atomic mass is 16.5. The Kier molecular flexibility index (Phi) is 6.57. The summed E-state index contributed by atoms with van der Waals surface area (Å²) in [6.07, 6.45) is 7.33. The zero-order valence-electron chi connectivity index (χ0n) is 12.0. The van der Waals surface area contributed by atoms with Crippen molar-refractivity contribution in [3.05, 3.63) is 0 Å². The molecule has 1 heterocycles. The van der Waals surface area contributed by atoms with Gasteiger partial charge >= 0.3 is 0 Å². The summed E-state index contributed by atoms with van der Waals surface area (Å²) in [5.74, 6) is 0.777. The maximum Gasteiger partial charge on any atom is 0.0925 e. The average molecular weight is 271 g/mol. The van der Waals surface area contributed by atoms with Gasteiger partial charge in [-0.05, 0) is 18.8 Å². The van der Waals surface area contributed by atoms with E-state index in [0.717, 1.165) is 45.1 Å². The third kappa shape index (κ3) is 5.38. The van der Waals surface area contributed by atoms with E-state index in [1.165, 1.54) is 32.1 Å². The number of aliphatic hydroxyl groups excluding tert-OH is 2. The predicted molar refractivity (Wildman–Crippen MR) is 75.1 cm³/mol. The van der Waals surface area contributed by atoms with Crippen LogP contribution in [0.15, 0.2) is 0 Å². The molecule has 0 aromatic carbocycles. The fourth-order valence-electron chi connectivity index (χ4n) is 3.24. The number of nitrogens with zero attached hydrogens (tertiary/aromatic N) is 1. The largest absolute Gasteiger partial charge is 0.390 e. The minimum atomic E-state index is -0.610. The normalized spacial score (nSPS) is 26.2. The molecule has 19 heavy (non-hydrogen) atoms. The van der Waals surface area contributed by atoms with Crippen LogP contribution in [0.3, 0.4) is 0 Å². The lowest BCUT2D eigenvalue weighted by Gasteiger charge is -2.30. The molecule has 0 aromatic heterocycles. The van der Waals surface area contributed by atoms with E-state index in [0.29, 0.717) is 6.54 Å². The van der Waals surface area contributed by atoms with Gasteiger partial charge in [-0.15, -0.1) is 0 Å². The van der Waals surface area contributed by atoms with E-state index in [9.17, 15) is 10.2 Å².